The second kappa shape index (κ2) is 10.5. The molecule has 2 aromatic carbocycles. The summed E-state index contributed by atoms with van der Waals surface area (Å²) in [6, 6.07) is 16.7. The van der Waals surface area contributed by atoms with E-state index < -0.39 is 6.04 Å². The molecule has 5 heteroatoms. The fourth-order valence-corrected chi connectivity index (χ4v) is 2.76. The summed E-state index contributed by atoms with van der Waals surface area (Å²) in [5.74, 6) is 0.260. The number of carbonyl (C=O) groups excluding carboxylic acids is 2. The Morgan fingerprint density at radius 2 is 1.79 bits per heavy atom. The first-order valence-electron chi connectivity index (χ1n) is 9.74. The van der Waals surface area contributed by atoms with E-state index in [0.29, 0.717) is 12.3 Å². The van der Waals surface area contributed by atoms with Crippen molar-refractivity contribution in [1.82, 2.24) is 10.2 Å². The Hall–Kier alpha value is -2.82. The molecule has 1 N–H and O–H groups in total. The Morgan fingerprint density at radius 3 is 2.43 bits per heavy atom. The molecule has 0 heterocycles. The molecule has 150 valence electrons. The largest absolute Gasteiger partial charge is 0.484 e. The van der Waals surface area contributed by atoms with Crippen LogP contribution in [0.1, 0.15) is 38.3 Å². The number of benzene rings is 2. The van der Waals surface area contributed by atoms with E-state index in [4.69, 9.17) is 4.74 Å². The van der Waals surface area contributed by atoms with Gasteiger partial charge in [-0.05, 0) is 50.5 Å². The Morgan fingerprint density at radius 1 is 1.07 bits per heavy atom. The van der Waals surface area contributed by atoms with E-state index in [-0.39, 0.29) is 24.5 Å². The van der Waals surface area contributed by atoms with Crippen LogP contribution in [0.2, 0.25) is 0 Å². The minimum Gasteiger partial charge on any atom is -0.484 e. The molecule has 0 spiro atoms. The van der Waals surface area contributed by atoms with Crippen molar-refractivity contribution in [2.24, 2.45) is 0 Å². The molecule has 0 aliphatic rings. The summed E-state index contributed by atoms with van der Waals surface area (Å²) in [5.41, 5.74) is 2.03. The topological polar surface area (TPSA) is 58.6 Å². The molecular formula is C23H30N2O3. The quantitative estimate of drug-likeness (QED) is 0.719. The fraction of sp³-hybridized carbons (Fsp3) is 0.391. The maximum atomic E-state index is 12.9. The lowest BCUT2D eigenvalue weighted by Gasteiger charge is -2.29. The smallest absolute Gasteiger partial charge is 0.261 e. The molecule has 2 atom stereocenters. The van der Waals surface area contributed by atoms with Crippen LogP contribution in [0.15, 0.2) is 54.6 Å². The van der Waals surface area contributed by atoms with E-state index in [0.717, 1.165) is 17.5 Å². The highest BCUT2D eigenvalue weighted by atomic mass is 16.5. The third-order valence-electron chi connectivity index (χ3n) is 4.72. The molecule has 2 amide bonds. The van der Waals surface area contributed by atoms with Crippen molar-refractivity contribution in [2.45, 2.75) is 52.7 Å². The number of amides is 2. The predicted molar refractivity (Wildman–Crippen MR) is 111 cm³/mol. The van der Waals surface area contributed by atoms with Crippen LogP contribution in [0, 0.1) is 6.92 Å². The zero-order valence-electron chi connectivity index (χ0n) is 17.1. The number of hydrogen-bond donors (Lipinski definition) is 1. The third-order valence-corrected chi connectivity index (χ3v) is 4.72. The molecule has 0 unspecified atom stereocenters. The van der Waals surface area contributed by atoms with E-state index in [1.54, 1.807) is 11.8 Å². The van der Waals surface area contributed by atoms with Crippen LogP contribution in [0.5, 0.6) is 5.75 Å². The van der Waals surface area contributed by atoms with Crippen molar-refractivity contribution in [1.29, 1.82) is 0 Å². The molecule has 0 aliphatic carbocycles. The lowest BCUT2D eigenvalue weighted by Crippen LogP contribution is -2.50. The zero-order valence-corrected chi connectivity index (χ0v) is 17.1. The fourth-order valence-electron chi connectivity index (χ4n) is 2.76. The number of hydrogen-bond acceptors (Lipinski definition) is 3. The van der Waals surface area contributed by atoms with Gasteiger partial charge in [0.1, 0.15) is 11.8 Å². The monoisotopic (exact) mass is 382 g/mol. The number of nitrogens with zero attached hydrogens (tertiary/aromatic N) is 1. The number of ether oxygens (including phenoxy) is 1. The third kappa shape index (κ3) is 6.41. The van der Waals surface area contributed by atoms with Crippen molar-refractivity contribution >= 4 is 11.8 Å². The molecule has 0 aromatic heterocycles. The number of rotatable bonds is 9. The number of nitrogens with one attached hydrogen (secondary N) is 1. The van der Waals surface area contributed by atoms with E-state index in [2.05, 4.69) is 5.32 Å². The first-order chi connectivity index (χ1) is 13.4. The first-order valence-corrected chi connectivity index (χ1v) is 9.74. The first kappa shape index (κ1) is 21.5. The van der Waals surface area contributed by atoms with Crippen LogP contribution in [-0.4, -0.2) is 35.4 Å². The molecule has 0 radical (unpaired) electrons. The van der Waals surface area contributed by atoms with Gasteiger partial charge in [0, 0.05) is 12.6 Å². The minimum absolute atomic E-state index is 0.0622. The zero-order chi connectivity index (χ0) is 20.5. The molecule has 2 aromatic rings. The van der Waals surface area contributed by atoms with Crippen LogP contribution in [0.3, 0.4) is 0 Å². The van der Waals surface area contributed by atoms with Gasteiger partial charge in [0.25, 0.3) is 5.91 Å². The highest BCUT2D eigenvalue weighted by Gasteiger charge is 2.27. The van der Waals surface area contributed by atoms with Crippen LogP contribution in [0.4, 0.5) is 0 Å². The SMILES string of the molecule is CC[C@H](C)NC(=O)[C@@H](C)N(Cc1ccccc1)C(=O)COc1cccc(C)c1. The van der Waals surface area contributed by atoms with Gasteiger partial charge in [0.15, 0.2) is 6.61 Å². The van der Waals surface area contributed by atoms with Gasteiger partial charge in [-0.3, -0.25) is 9.59 Å². The minimum atomic E-state index is -0.595. The van der Waals surface area contributed by atoms with Crippen molar-refractivity contribution in [3.63, 3.8) is 0 Å². The maximum absolute atomic E-state index is 12.9. The molecule has 2 rings (SSSR count). The Kier molecular flexibility index (Phi) is 8.05. The normalized spacial score (nSPS) is 12.7. The van der Waals surface area contributed by atoms with Gasteiger partial charge in [0.05, 0.1) is 0 Å². The second-order valence-electron chi connectivity index (χ2n) is 7.11. The van der Waals surface area contributed by atoms with E-state index >= 15 is 0 Å². The van der Waals surface area contributed by atoms with Crippen molar-refractivity contribution in [2.75, 3.05) is 6.61 Å². The Bertz CT molecular complexity index is 776. The lowest BCUT2D eigenvalue weighted by molar-refractivity contribution is -0.142. The Labute approximate surface area is 167 Å². The van der Waals surface area contributed by atoms with Gasteiger partial charge in [-0.2, -0.15) is 0 Å². The van der Waals surface area contributed by atoms with Crippen LogP contribution >= 0.6 is 0 Å². The summed E-state index contributed by atoms with van der Waals surface area (Å²) in [4.78, 5) is 27.1. The second-order valence-corrected chi connectivity index (χ2v) is 7.11. The van der Waals surface area contributed by atoms with Gasteiger partial charge in [-0.25, -0.2) is 0 Å². The highest BCUT2D eigenvalue weighted by molar-refractivity contribution is 5.88. The summed E-state index contributed by atoms with van der Waals surface area (Å²) in [5, 5.41) is 2.96. The maximum Gasteiger partial charge on any atom is 0.261 e. The molecule has 0 bridgehead atoms. The van der Waals surface area contributed by atoms with Crippen molar-refractivity contribution in [3.8, 4) is 5.75 Å². The van der Waals surface area contributed by atoms with Gasteiger partial charge in [-0.15, -0.1) is 0 Å². The average Bonchev–Trinajstić information content (AvgIpc) is 2.70. The predicted octanol–water partition coefficient (Wildman–Crippen LogP) is 3.71. The molecule has 0 saturated heterocycles. The number of carbonyl (C=O) groups is 2. The summed E-state index contributed by atoms with van der Waals surface area (Å²) in [7, 11) is 0. The molecule has 0 saturated carbocycles. The molecule has 0 fully saturated rings. The number of aryl methyl sites for hydroxylation is 1. The van der Waals surface area contributed by atoms with Gasteiger partial charge < -0.3 is 15.0 Å². The van der Waals surface area contributed by atoms with Crippen LogP contribution in [-0.2, 0) is 16.1 Å². The molecular weight excluding hydrogens is 352 g/mol. The average molecular weight is 383 g/mol. The van der Waals surface area contributed by atoms with Gasteiger partial charge in [-0.1, -0.05) is 49.4 Å². The van der Waals surface area contributed by atoms with E-state index in [1.807, 2.05) is 75.4 Å². The van der Waals surface area contributed by atoms with Crippen LogP contribution in [0.25, 0.3) is 0 Å². The van der Waals surface area contributed by atoms with E-state index in [9.17, 15) is 9.59 Å². The summed E-state index contributed by atoms with van der Waals surface area (Å²) in [6.07, 6.45) is 0.835. The molecule has 28 heavy (non-hydrogen) atoms. The summed E-state index contributed by atoms with van der Waals surface area (Å²) in [6.45, 7) is 7.93. The lowest BCUT2D eigenvalue weighted by atomic mass is 10.1. The summed E-state index contributed by atoms with van der Waals surface area (Å²) < 4.78 is 5.68. The molecule has 5 nitrogen and oxygen atoms in total. The van der Waals surface area contributed by atoms with Gasteiger partial charge in [0.2, 0.25) is 5.91 Å². The molecule has 0 aliphatic heterocycles. The highest BCUT2D eigenvalue weighted by Crippen LogP contribution is 2.14. The van der Waals surface area contributed by atoms with Crippen LogP contribution < -0.4 is 10.1 Å². The summed E-state index contributed by atoms with van der Waals surface area (Å²) >= 11 is 0. The van der Waals surface area contributed by atoms with Gasteiger partial charge >= 0.3 is 0 Å². The van der Waals surface area contributed by atoms with Crippen molar-refractivity contribution in [3.05, 3.63) is 65.7 Å². The Balaban J connectivity index is 2.11. The van der Waals surface area contributed by atoms with Crippen molar-refractivity contribution < 1.29 is 14.3 Å². The van der Waals surface area contributed by atoms with E-state index in [1.165, 1.54) is 0 Å². The standard InChI is InChI=1S/C23H30N2O3/c1-5-18(3)24-23(27)19(4)25(15-20-11-7-6-8-12-20)22(26)16-28-21-13-9-10-17(2)14-21/h6-14,18-19H,5,15-16H2,1-4H3,(H,24,27)/t18-,19+/m0/s1.